The first-order valence-electron chi connectivity index (χ1n) is 14.1. The van der Waals surface area contributed by atoms with Crippen molar-refractivity contribution in [3.05, 3.63) is 71.1 Å². The molecule has 2 aliphatic heterocycles. The second-order valence-electron chi connectivity index (χ2n) is 12.2. The monoisotopic (exact) mass is 530 g/mol. The number of aromatic nitrogens is 4. The van der Waals surface area contributed by atoms with E-state index in [1.165, 1.54) is 25.6 Å². The van der Waals surface area contributed by atoms with Crippen LogP contribution < -0.4 is 5.32 Å². The van der Waals surface area contributed by atoms with Crippen LogP contribution in [0.4, 0.5) is 10.1 Å². The van der Waals surface area contributed by atoms with E-state index in [0.29, 0.717) is 22.7 Å². The number of hydrogen-bond acceptors (Lipinski definition) is 6. The van der Waals surface area contributed by atoms with Crippen LogP contribution in [-0.4, -0.2) is 56.9 Å². The standard InChI is InChI=1S/C30H35FN6O2/c1-19(37-11-10-29(15-37)8-9-29)21-12-24(20-6-7-20)34-25(13-21)28(38)33-23-5-3-4-22(14-23)30(16-39-17-30)26(31)27-35-32-18-36(27)2/h3-5,12-14,18-20,26H,6-11,15-17H2,1-2H3,(H,33,38)/t19-,26?/m1/s1. The molecular weight excluding hydrogens is 495 g/mol. The molecule has 8 nitrogen and oxygen atoms in total. The van der Waals surface area contributed by atoms with E-state index in [-0.39, 0.29) is 31.0 Å². The number of alkyl halides is 1. The molecule has 1 spiro atoms. The van der Waals surface area contributed by atoms with Gasteiger partial charge in [0, 0.05) is 36.9 Å². The average molecular weight is 531 g/mol. The average Bonchev–Trinajstić information content (AvgIpc) is 3.81. The zero-order valence-corrected chi connectivity index (χ0v) is 22.6. The summed E-state index contributed by atoms with van der Waals surface area (Å²) in [6.07, 6.45) is 6.35. The van der Waals surface area contributed by atoms with E-state index in [2.05, 4.69) is 33.4 Å². The van der Waals surface area contributed by atoms with Crippen molar-refractivity contribution in [2.75, 3.05) is 31.6 Å². The largest absolute Gasteiger partial charge is 0.379 e. The normalized spacial score (nSPS) is 22.8. The lowest BCUT2D eigenvalue weighted by Crippen LogP contribution is -2.50. The smallest absolute Gasteiger partial charge is 0.274 e. The van der Waals surface area contributed by atoms with Gasteiger partial charge in [-0.3, -0.25) is 9.69 Å². The van der Waals surface area contributed by atoms with E-state index < -0.39 is 11.6 Å². The van der Waals surface area contributed by atoms with Crippen LogP contribution in [0.2, 0.25) is 0 Å². The quantitative estimate of drug-likeness (QED) is 0.448. The lowest BCUT2D eigenvalue weighted by Gasteiger charge is -2.43. The number of benzene rings is 1. The molecular formula is C30H35FN6O2. The Labute approximate surface area is 228 Å². The van der Waals surface area contributed by atoms with E-state index in [1.54, 1.807) is 11.6 Å². The van der Waals surface area contributed by atoms with Crippen molar-refractivity contribution in [3.63, 3.8) is 0 Å². The third-order valence-electron chi connectivity index (χ3n) is 9.42. The summed E-state index contributed by atoms with van der Waals surface area (Å²) in [7, 11) is 1.73. The Morgan fingerprint density at radius 2 is 2.00 bits per heavy atom. The van der Waals surface area contributed by atoms with Crippen LogP contribution in [0.5, 0.6) is 0 Å². The van der Waals surface area contributed by atoms with E-state index in [4.69, 9.17) is 9.72 Å². The third kappa shape index (κ3) is 4.45. The lowest BCUT2D eigenvalue weighted by atomic mass is 9.74. The first-order valence-corrected chi connectivity index (χ1v) is 14.1. The number of ether oxygens (including phenoxy) is 1. The number of nitrogens with one attached hydrogen (secondary N) is 1. The van der Waals surface area contributed by atoms with Gasteiger partial charge in [0.25, 0.3) is 5.91 Å². The van der Waals surface area contributed by atoms with Crippen LogP contribution in [0.25, 0.3) is 0 Å². The molecule has 3 aromatic rings. The molecule has 0 radical (unpaired) electrons. The third-order valence-corrected chi connectivity index (χ3v) is 9.42. The fourth-order valence-corrected chi connectivity index (χ4v) is 6.27. The SMILES string of the molecule is C[C@H](c1cc(C(=O)Nc2cccc(C3(C(F)c4nncn4C)COC3)c2)nc(C2CC2)c1)N1CCC2(CC2)C1. The summed E-state index contributed by atoms with van der Waals surface area (Å²) < 4.78 is 22.9. The Bertz CT molecular complexity index is 1410. The number of pyridine rings is 1. The molecule has 204 valence electrons. The highest BCUT2D eigenvalue weighted by Crippen LogP contribution is 2.54. The van der Waals surface area contributed by atoms with Crippen molar-refractivity contribution < 1.29 is 13.9 Å². The minimum atomic E-state index is -1.38. The molecule has 1 N–H and O–H groups in total. The molecule has 2 saturated carbocycles. The van der Waals surface area contributed by atoms with Gasteiger partial charge >= 0.3 is 0 Å². The summed E-state index contributed by atoms with van der Waals surface area (Å²) >= 11 is 0. The van der Waals surface area contributed by atoms with Crippen molar-refractivity contribution in [2.45, 2.75) is 62.6 Å². The van der Waals surface area contributed by atoms with Gasteiger partial charge in [0.2, 0.25) is 0 Å². The van der Waals surface area contributed by atoms with Gasteiger partial charge in [-0.2, -0.15) is 0 Å². The molecule has 4 heterocycles. The molecule has 1 amide bonds. The second kappa shape index (κ2) is 9.20. The van der Waals surface area contributed by atoms with E-state index in [1.807, 2.05) is 30.3 Å². The molecule has 2 saturated heterocycles. The molecule has 2 atom stereocenters. The topological polar surface area (TPSA) is 85.2 Å². The van der Waals surface area contributed by atoms with Gasteiger partial charge in [0.15, 0.2) is 12.0 Å². The number of aryl methyl sites for hydroxylation is 1. The van der Waals surface area contributed by atoms with E-state index >= 15 is 4.39 Å². The van der Waals surface area contributed by atoms with E-state index in [0.717, 1.165) is 42.8 Å². The Hall–Kier alpha value is -3.17. The molecule has 39 heavy (non-hydrogen) atoms. The summed E-state index contributed by atoms with van der Waals surface area (Å²) in [5.74, 6) is 0.467. The first kappa shape index (κ1) is 24.8. The minimum Gasteiger partial charge on any atom is -0.379 e. The van der Waals surface area contributed by atoms with Crippen molar-refractivity contribution >= 4 is 11.6 Å². The van der Waals surface area contributed by atoms with Crippen LogP contribution in [-0.2, 0) is 17.2 Å². The molecule has 1 unspecified atom stereocenters. The number of anilines is 1. The van der Waals surface area contributed by atoms with Crippen LogP contribution >= 0.6 is 0 Å². The number of amides is 1. The molecule has 1 aromatic carbocycles. The zero-order valence-electron chi connectivity index (χ0n) is 22.6. The second-order valence-corrected chi connectivity index (χ2v) is 12.2. The van der Waals surface area contributed by atoms with Crippen LogP contribution in [0, 0.1) is 5.41 Å². The van der Waals surface area contributed by atoms with Gasteiger partial charge in [-0.05, 0) is 86.4 Å². The predicted octanol–water partition coefficient (Wildman–Crippen LogP) is 4.87. The van der Waals surface area contributed by atoms with Crippen molar-refractivity contribution in [1.29, 1.82) is 0 Å². The minimum absolute atomic E-state index is 0.239. The Morgan fingerprint density at radius 1 is 1.18 bits per heavy atom. The maximum atomic E-state index is 15.8. The molecule has 0 bridgehead atoms. The van der Waals surface area contributed by atoms with Gasteiger partial charge in [-0.15, -0.1) is 10.2 Å². The fraction of sp³-hybridized carbons (Fsp3) is 0.533. The molecule has 2 aliphatic carbocycles. The molecule has 4 fully saturated rings. The number of carbonyl (C=O) groups is 1. The van der Waals surface area contributed by atoms with E-state index in [9.17, 15) is 4.79 Å². The Balaban J connectivity index is 1.13. The van der Waals surface area contributed by atoms with Gasteiger partial charge < -0.3 is 14.6 Å². The molecule has 7 rings (SSSR count). The number of nitrogens with zero attached hydrogens (tertiary/aromatic N) is 5. The van der Waals surface area contributed by atoms with Crippen LogP contribution in [0.1, 0.15) is 90.3 Å². The van der Waals surface area contributed by atoms with Gasteiger partial charge in [0.1, 0.15) is 12.0 Å². The highest BCUT2D eigenvalue weighted by molar-refractivity contribution is 6.03. The Morgan fingerprint density at radius 3 is 2.64 bits per heavy atom. The zero-order chi connectivity index (χ0) is 26.8. The number of carbonyl (C=O) groups excluding carboxylic acids is 1. The summed E-state index contributed by atoms with van der Waals surface area (Å²) in [6, 6.07) is 11.8. The van der Waals surface area contributed by atoms with Crippen molar-refractivity contribution in [2.24, 2.45) is 12.5 Å². The summed E-state index contributed by atoms with van der Waals surface area (Å²) in [6.45, 7) is 5.00. The maximum Gasteiger partial charge on any atom is 0.274 e. The number of likely N-dealkylation sites (tertiary alicyclic amines) is 1. The number of hydrogen-bond donors (Lipinski definition) is 1. The highest BCUT2D eigenvalue weighted by Gasteiger charge is 2.51. The summed E-state index contributed by atoms with van der Waals surface area (Å²) in [5, 5.41) is 10.9. The van der Waals surface area contributed by atoms with Crippen molar-refractivity contribution in [3.8, 4) is 0 Å². The van der Waals surface area contributed by atoms with Crippen molar-refractivity contribution in [1.82, 2.24) is 24.6 Å². The van der Waals surface area contributed by atoms with Crippen LogP contribution in [0.15, 0.2) is 42.7 Å². The molecule has 9 heteroatoms. The number of rotatable bonds is 8. The Kier molecular flexibility index (Phi) is 5.86. The van der Waals surface area contributed by atoms with Gasteiger partial charge in [-0.25, -0.2) is 9.37 Å². The number of halogens is 1. The summed E-state index contributed by atoms with van der Waals surface area (Å²) in [4.78, 5) is 20.9. The predicted molar refractivity (Wildman–Crippen MR) is 144 cm³/mol. The fourth-order valence-electron chi connectivity index (χ4n) is 6.27. The summed E-state index contributed by atoms with van der Waals surface area (Å²) in [5.41, 5.74) is 3.68. The van der Waals surface area contributed by atoms with Gasteiger partial charge in [0.05, 0.1) is 18.6 Å². The maximum absolute atomic E-state index is 15.8. The van der Waals surface area contributed by atoms with Crippen LogP contribution in [0.3, 0.4) is 0 Å². The first-order chi connectivity index (χ1) is 18.9. The molecule has 2 aromatic heterocycles. The van der Waals surface area contributed by atoms with Gasteiger partial charge in [-0.1, -0.05) is 12.1 Å². The highest BCUT2D eigenvalue weighted by atomic mass is 19.1. The lowest BCUT2D eigenvalue weighted by molar-refractivity contribution is -0.102. The molecule has 4 aliphatic rings.